The summed E-state index contributed by atoms with van der Waals surface area (Å²) in [6.45, 7) is 2.22. The first-order chi connectivity index (χ1) is 7.24. The van der Waals surface area contributed by atoms with Crippen LogP contribution in [0.4, 0.5) is 4.39 Å². The predicted molar refractivity (Wildman–Crippen MR) is 54.6 cm³/mol. The van der Waals surface area contributed by atoms with Crippen LogP contribution in [0, 0.1) is 17.8 Å². The number of nitrogens with one attached hydrogen (secondary N) is 1. The molecule has 0 bridgehead atoms. The van der Waals surface area contributed by atoms with Gasteiger partial charge in [-0.25, -0.2) is 4.98 Å². The molecular formula is C11H11FN2O. The number of carbonyl (C=O) groups excluding carboxylic acids is 1. The van der Waals surface area contributed by atoms with Gasteiger partial charge in [0.1, 0.15) is 0 Å². The van der Waals surface area contributed by atoms with E-state index in [1.54, 1.807) is 6.92 Å². The van der Waals surface area contributed by atoms with Crippen LogP contribution in [-0.4, -0.2) is 17.4 Å². The summed E-state index contributed by atoms with van der Waals surface area (Å²) in [6, 6.07) is 2.55. The molecular weight excluding hydrogens is 195 g/mol. The van der Waals surface area contributed by atoms with Crippen LogP contribution in [0.2, 0.25) is 0 Å². The van der Waals surface area contributed by atoms with E-state index in [1.807, 2.05) is 0 Å². The third kappa shape index (κ3) is 3.77. The van der Waals surface area contributed by atoms with Crippen molar-refractivity contribution in [1.82, 2.24) is 10.3 Å². The Morgan fingerprint density at radius 2 is 2.40 bits per heavy atom. The predicted octanol–water partition coefficient (Wildman–Crippen LogP) is 1.36. The number of pyridine rings is 1. The summed E-state index contributed by atoms with van der Waals surface area (Å²) in [5.41, 5.74) is 0.348. The molecule has 0 aliphatic carbocycles. The van der Waals surface area contributed by atoms with Gasteiger partial charge in [-0.1, -0.05) is 0 Å². The van der Waals surface area contributed by atoms with Gasteiger partial charge >= 0.3 is 0 Å². The van der Waals surface area contributed by atoms with Gasteiger partial charge in [0, 0.05) is 19.2 Å². The molecule has 1 aromatic heterocycles. The molecule has 15 heavy (non-hydrogen) atoms. The minimum atomic E-state index is -0.594. The summed E-state index contributed by atoms with van der Waals surface area (Å²) < 4.78 is 12.4. The van der Waals surface area contributed by atoms with Crippen LogP contribution < -0.4 is 5.32 Å². The molecule has 0 radical (unpaired) electrons. The Balaban J connectivity index is 2.46. The number of nitrogens with zero attached hydrogens (tertiary/aromatic N) is 1. The number of rotatable bonds is 3. The molecule has 0 aromatic carbocycles. The van der Waals surface area contributed by atoms with Crippen molar-refractivity contribution in [2.45, 2.75) is 13.3 Å². The van der Waals surface area contributed by atoms with Crippen LogP contribution in [0.5, 0.6) is 0 Å². The lowest BCUT2D eigenvalue weighted by Crippen LogP contribution is -2.24. The average Bonchev–Trinajstić information content (AvgIpc) is 2.25. The molecule has 78 valence electrons. The second kappa shape index (κ2) is 5.76. The van der Waals surface area contributed by atoms with Crippen molar-refractivity contribution in [3.05, 3.63) is 29.8 Å². The van der Waals surface area contributed by atoms with Crippen LogP contribution in [0.15, 0.2) is 18.3 Å². The molecule has 1 N–H and O–H groups in total. The number of aromatic nitrogens is 1. The molecule has 1 rings (SSSR count). The Bertz CT molecular complexity index is 389. The van der Waals surface area contributed by atoms with Gasteiger partial charge in [-0.15, -0.1) is 11.8 Å². The Morgan fingerprint density at radius 3 is 3.00 bits per heavy atom. The van der Waals surface area contributed by atoms with E-state index < -0.39 is 5.95 Å². The molecule has 0 saturated carbocycles. The third-order valence-electron chi connectivity index (χ3n) is 1.70. The van der Waals surface area contributed by atoms with E-state index in [4.69, 9.17) is 0 Å². The molecule has 0 fully saturated rings. The van der Waals surface area contributed by atoms with Crippen molar-refractivity contribution in [2.24, 2.45) is 0 Å². The second-order valence-corrected chi connectivity index (χ2v) is 2.80. The Labute approximate surface area is 87.7 Å². The highest BCUT2D eigenvalue weighted by atomic mass is 19.1. The first kappa shape index (κ1) is 11.2. The van der Waals surface area contributed by atoms with Gasteiger partial charge in [-0.05, 0) is 19.1 Å². The lowest BCUT2D eigenvalue weighted by atomic mass is 10.2. The van der Waals surface area contributed by atoms with E-state index >= 15 is 0 Å². The monoisotopic (exact) mass is 206 g/mol. The number of amides is 1. The Hall–Kier alpha value is -1.89. The van der Waals surface area contributed by atoms with Gasteiger partial charge in [-0.2, -0.15) is 4.39 Å². The van der Waals surface area contributed by atoms with Crippen LogP contribution in [0.1, 0.15) is 23.7 Å². The molecule has 1 aromatic rings. The number of carbonyl (C=O) groups is 1. The third-order valence-corrected chi connectivity index (χ3v) is 1.70. The minimum Gasteiger partial charge on any atom is -0.351 e. The number of halogens is 1. The smallest absolute Gasteiger partial charge is 0.252 e. The summed E-state index contributed by atoms with van der Waals surface area (Å²) in [4.78, 5) is 14.8. The zero-order valence-corrected chi connectivity index (χ0v) is 8.38. The van der Waals surface area contributed by atoms with E-state index in [0.717, 1.165) is 6.07 Å². The topological polar surface area (TPSA) is 42.0 Å². The Kier molecular flexibility index (Phi) is 4.30. The maximum atomic E-state index is 12.4. The molecule has 0 atom stereocenters. The molecule has 1 heterocycles. The van der Waals surface area contributed by atoms with Gasteiger partial charge in [0.2, 0.25) is 5.95 Å². The average molecular weight is 206 g/mol. The van der Waals surface area contributed by atoms with Crippen molar-refractivity contribution in [2.75, 3.05) is 6.54 Å². The molecule has 0 aliphatic heterocycles. The normalized spacial score (nSPS) is 8.93. The minimum absolute atomic E-state index is 0.264. The van der Waals surface area contributed by atoms with Gasteiger partial charge in [0.25, 0.3) is 5.91 Å². The first-order valence-corrected chi connectivity index (χ1v) is 4.53. The highest BCUT2D eigenvalue weighted by Gasteiger charge is 2.04. The lowest BCUT2D eigenvalue weighted by molar-refractivity contribution is 0.0954. The largest absolute Gasteiger partial charge is 0.351 e. The first-order valence-electron chi connectivity index (χ1n) is 4.53. The van der Waals surface area contributed by atoms with E-state index in [2.05, 4.69) is 22.1 Å². The zero-order chi connectivity index (χ0) is 11.1. The summed E-state index contributed by atoms with van der Waals surface area (Å²) in [7, 11) is 0. The van der Waals surface area contributed by atoms with Crippen molar-refractivity contribution in [3.63, 3.8) is 0 Å². The van der Waals surface area contributed by atoms with Crippen LogP contribution in [0.3, 0.4) is 0 Å². The van der Waals surface area contributed by atoms with Crippen LogP contribution in [-0.2, 0) is 0 Å². The van der Waals surface area contributed by atoms with E-state index in [-0.39, 0.29) is 5.91 Å². The van der Waals surface area contributed by atoms with Crippen molar-refractivity contribution >= 4 is 5.91 Å². The number of hydrogen-bond acceptors (Lipinski definition) is 2. The zero-order valence-electron chi connectivity index (χ0n) is 8.38. The fourth-order valence-electron chi connectivity index (χ4n) is 0.976. The molecule has 0 aliphatic rings. The summed E-state index contributed by atoms with van der Waals surface area (Å²) >= 11 is 0. The van der Waals surface area contributed by atoms with Gasteiger partial charge in [0.05, 0.1) is 5.56 Å². The standard InChI is InChI=1S/C11H11FN2O/c1-2-3-4-7-13-11(15)9-5-6-10(12)14-8-9/h5-6,8H,4,7H2,1H3,(H,13,15). The molecule has 0 spiro atoms. The number of hydrogen-bond donors (Lipinski definition) is 1. The molecule has 3 nitrogen and oxygen atoms in total. The van der Waals surface area contributed by atoms with Crippen molar-refractivity contribution in [1.29, 1.82) is 0 Å². The summed E-state index contributed by atoms with van der Waals surface area (Å²) in [5, 5.41) is 2.65. The molecule has 0 saturated heterocycles. The van der Waals surface area contributed by atoms with E-state index in [0.29, 0.717) is 18.5 Å². The molecule has 4 heteroatoms. The van der Waals surface area contributed by atoms with E-state index in [1.165, 1.54) is 12.3 Å². The van der Waals surface area contributed by atoms with Gasteiger partial charge < -0.3 is 5.32 Å². The Morgan fingerprint density at radius 1 is 1.60 bits per heavy atom. The van der Waals surface area contributed by atoms with E-state index in [9.17, 15) is 9.18 Å². The second-order valence-electron chi connectivity index (χ2n) is 2.80. The fraction of sp³-hybridized carbons (Fsp3) is 0.273. The summed E-state index contributed by atoms with van der Waals surface area (Å²) in [6.07, 6.45) is 1.81. The quantitative estimate of drug-likeness (QED) is 0.461. The van der Waals surface area contributed by atoms with Crippen LogP contribution in [0.25, 0.3) is 0 Å². The van der Waals surface area contributed by atoms with Crippen molar-refractivity contribution < 1.29 is 9.18 Å². The highest BCUT2D eigenvalue weighted by molar-refractivity contribution is 5.93. The fourth-order valence-corrected chi connectivity index (χ4v) is 0.976. The molecule has 0 unspecified atom stereocenters. The molecule has 1 amide bonds. The van der Waals surface area contributed by atoms with Crippen LogP contribution >= 0.6 is 0 Å². The lowest BCUT2D eigenvalue weighted by Gasteiger charge is -2.01. The van der Waals surface area contributed by atoms with Crippen molar-refractivity contribution in [3.8, 4) is 11.8 Å². The van der Waals surface area contributed by atoms with Gasteiger partial charge in [-0.3, -0.25) is 4.79 Å². The van der Waals surface area contributed by atoms with Gasteiger partial charge in [0.15, 0.2) is 0 Å². The highest BCUT2D eigenvalue weighted by Crippen LogP contribution is 1.98. The SMILES string of the molecule is CC#CCCNC(=O)c1ccc(F)nc1. The maximum absolute atomic E-state index is 12.4. The summed E-state index contributed by atoms with van der Waals surface area (Å²) in [5.74, 6) is 4.69. The maximum Gasteiger partial charge on any atom is 0.252 e.